The Morgan fingerprint density at radius 1 is 1.40 bits per heavy atom. The second kappa shape index (κ2) is 6.75. The summed E-state index contributed by atoms with van der Waals surface area (Å²) in [6.07, 6.45) is 3.43. The van der Waals surface area contributed by atoms with E-state index in [1.54, 1.807) is 23.1 Å². The summed E-state index contributed by atoms with van der Waals surface area (Å²) in [5, 5.41) is 6.87. The van der Waals surface area contributed by atoms with Gasteiger partial charge >= 0.3 is 0 Å². The van der Waals surface area contributed by atoms with Crippen LogP contribution in [0.15, 0.2) is 42.7 Å². The molecule has 2 aromatic rings. The lowest BCUT2D eigenvalue weighted by Gasteiger charge is -2.13. The molecule has 1 aromatic heterocycles. The fourth-order valence-electron chi connectivity index (χ4n) is 1.76. The second-order valence-electron chi connectivity index (χ2n) is 4.61. The zero-order valence-corrected chi connectivity index (χ0v) is 11.7. The largest absolute Gasteiger partial charge is 0.492 e. The van der Waals surface area contributed by atoms with Gasteiger partial charge in [-0.25, -0.2) is 0 Å². The molecule has 2 rings (SSSR count). The van der Waals surface area contributed by atoms with Gasteiger partial charge in [-0.3, -0.25) is 9.48 Å². The number of benzene rings is 1. The summed E-state index contributed by atoms with van der Waals surface area (Å²) < 4.78 is 7.17. The molecule has 1 amide bonds. The minimum atomic E-state index is -0.315. The van der Waals surface area contributed by atoms with Crippen LogP contribution in [0.1, 0.15) is 18.5 Å². The average molecular weight is 273 g/mol. The van der Waals surface area contributed by atoms with Crippen molar-refractivity contribution in [2.75, 3.05) is 13.2 Å². The number of carbonyl (C=O) groups excluding carboxylic acids is 1. The van der Waals surface area contributed by atoms with Crippen molar-refractivity contribution in [2.45, 2.75) is 19.9 Å². The second-order valence-corrected chi connectivity index (χ2v) is 4.61. The molecule has 1 heterocycles. The van der Waals surface area contributed by atoms with Gasteiger partial charge in [-0.1, -0.05) is 17.7 Å². The number of aromatic nitrogens is 2. The lowest BCUT2D eigenvalue weighted by Crippen LogP contribution is -2.34. The van der Waals surface area contributed by atoms with E-state index in [4.69, 9.17) is 4.74 Å². The quantitative estimate of drug-likeness (QED) is 0.818. The minimum Gasteiger partial charge on any atom is -0.492 e. The van der Waals surface area contributed by atoms with Crippen LogP contribution in [-0.4, -0.2) is 28.8 Å². The van der Waals surface area contributed by atoms with Crippen LogP contribution in [-0.2, 0) is 4.79 Å². The maximum Gasteiger partial charge on any atom is 0.244 e. The first-order valence-corrected chi connectivity index (χ1v) is 6.63. The fourth-order valence-corrected chi connectivity index (χ4v) is 1.76. The summed E-state index contributed by atoms with van der Waals surface area (Å²) in [7, 11) is 0. The number of aryl methyl sites for hydroxylation is 1. The van der Waals surface area contributed by atoms with Crippen LogP contribution in [0, 0.1) is 6.92 Å². The topological polar surface area (TPSA) is 56.1 Å². The summed E-state index contributed by atoms with van der Waals surface area (Å²) in [6.45, 7) is 4.75. The molecule has 1 atom stereocenters. The SMILES string of the molecule is Cc1ccc(OCCNC(=O)C(C)n2cccn2)cc1. The van der Waals surface area contributed by atoms with E-state index in [-0.39, 0.29) is 11.9 Å². The summed E-state index contributed by atoms with van der Waals surface area (Å²) in [5.41, 5.74) is 1.19. The number of rotatable bonds is 6. The van der Waals surface area contributed by atoms with E-state index >= 15 is 0 Å². The molecule has 5 nitrogen and oxygen atoms in total. The Labute approximate surface area is 118 Å². The molecule has 1 aromatic carbocycles. The van der Waals surface area contributed by atoms with Crippen molar-refractivity contribution < 1.29 is 9.53 Å². The van der Waals surface area contributed by atoms with Gasteiger partial charge in [-0.15, -0.1) is 0 Å². The zero-order valence-electron chi connectivity index (χ0n) is 11.7. The van der Waals surface area contributed by atoms with Crippen molar-refractivity contribution in [3.63, 3.8) is 0 Å². The number of ether oxygens (including phenoxy) is 1. The van der Waals surface area contributed by atoms with Crippen molar-refractivity contribution in [3.8, 4) is 5.75 Å². The van der Waals surface area contributed by atoms with Gasteiger partial charge in [0.05, 0.1) is 6.54 Å². The van der Waals surface area contributed by atoms with Crippen molar-refractivity contribution >= 4 is 5.91 Å². The molecule has 0 saturated heterocycles. The van der Waals surface area contributed by atoms with E-state index < -0.39 is 0 Å². The highest BCUT2D eigenvalue weighted by Crippen LogP contribution is 2.10. The number of amides is 1. The van der Waals surface area contributed by atoms with Crippen LogP contribution in [0.4, 0.5) is 0 Å². The van der Waals surface area contributed by atoms with Gasteiger partial charge in [0.2, 0.25) is 5.91 Å². The lowest BCUT2D eigenvalue weighted by molar-refractivity contribution is -0.124. The number of nitrogens with zero attached hydrogens (tertiary/aromatic N) is 2. The highest BCUT2D eigenvalue weighted by molar-refractivity contribution is 5.79. The van der Waals surface area contributed by atoms with Crippen LogP contribution in [0.5, 0.6) is 5.75 Å². The van der Waals surface area contributed by atoms with Crippen molar-refractivity contribution in [1.29, 1.82) is 0 Å². The number of carbonyl (C=O) groups is 1. The van der Waals surface area contributed by atoms with Gasteiger partial charge in [0.1, 0.15) is 18.4 Å². The maximum atomic E-state index is 11.9. The van der Waals surface area contributed by atoms with E-state index in [9.17, 15) is 4.79 Å². The fraction of sp³-hybridized carbons (Fsp3) is 0.333. The van der Waals surface area contributed by atoms with E-state index in [2.05, 4.69) is 10.4 Å². The maximum absolute atomic E-state index is 11.9. The molecule has 0 aliphatic rings. The minimum absolute atomic E-state index is 0.0683. The molecule has 1 unspecified atom stereocenters. The summed E-state index contributed by atoms with van der Waals surface area (Å²) in [6, 6.07) is 9.31. The third kappa shape index (κ3) is 3.85. The normalized spacial score (nSPS) is 11.9. The van der Waals surface area contributed by atoms with Gasteiger partial charge in [0.25, 0.3) is 0 Å². The molecule has 0 fully saturated rings. The molecule has 0 radical (unpaired) electrons. The predicted octanol–water partition coefficient (Wildman–Crippen LogP) is 1.95. The van der Waals surface area contributed by atoms with E-state index in [1.165, 1.54) is 5.56 Å². The first-order chi connectivity index (χ1) is 9.66. The van der Waals surface area contributed by atoms with Crippen molar-refractivity contribution in [1.82, 2.24) is 15.1 Å². The first-order valence-electron chi connectivity index (χ1n) is 6.63. The Hall–Kier alpha value is -2.30. The molecule has 1 N–H and O–H groups in total. The molecule has 5 heteroatoms. The highest BCUT2D eigenvalue weighted by Gasteiger charge is 2.13. The molecule has 106 valence electrons. The van der Waals surface area contributed by atoms with Crippen LogP contribution in [0.3, 0.4) is 0 Å². The van der Waals surface area contributed by atoms with Crippen molar-refractivity contribution in [3.05, 3.63) is 48.3 Å². The molecule has 0 saturated carbocycles. The Morgan fingerprint density at radius 3 is 2.80 bits per heavy atom. The molecular weight excluding hydrogens is 254 g/mol. The van der Waals surface area contributed by atoms with Crippen LogP contribution in [0.2, 0.25) is 0 Å². The molecular formula is C15H19N3O2. The van der Waals surface area contributed by atoms with Gasteiger partial charge in [-0.2, -0.15) is 5.10 Å². The molecule has 0 aliphatic heterocycles. The molecule has 0 spiro atoms. The third-order valence-corrected chi connectivity index (χ3v) is 2.99. The number of hydrogen-bond donors (Lipinski definition) is 1. The predicted molar refractivity (Wildman–Crippen MR) is 76.6 cm³/mol. The Balaban J connectivity index is 1.70. The van der Waals surface area contributed by atoms with Crippen LogP contribution < -0.4 is 10.1 Å². The Bertz CT molecular complexity index is 535. The lowest BCUT2D eigenvalue weighted by atomic mass is 10.2. The van der Waals surface area contributed by atoms with Crippen molar-refractivity contribution in [2.24, 2.45) is 0 Å². The van der Waals surface area contributed by atoms with E-state index in [0.717, 1.165) is 5.75 Å². The Morgan fingerprint density at radius 2 is 2.15 bits per heavy atom. The van der Waals surface area contributed by atoms with Gasteiger partial charge < -0.3 is 10.1 Å². The van der Waals surface area contributed by atoms with Gasteiger partial charge in [-0.05, 0) is 32.0 Å². The van der Waals surface area contributed by atoms with E-state index in [0.29, 0.717) is 13.2 Å². The number of nitrogens with one attached hydrogen (secondary N) is 1. The first kappa shape index (κ1) is 14.1. The highest BCUT2D eigenvalue weighted by atomic mass is 16.5. The average Bonchev–Trinajstić information content (AvgIpc) is 2.98. The Kier molecular flexibility index (Phi) is 4.76. The monoisotopic (exact) mass is 273 g/mol. The van der Waals surface area contributed by atoms with Crippen LogP contribution >= 0.6 is 0 Å². The number of hydrogen-bond acceptors (Lipinski definition) is 3. The summed E-state index contributed by atoms with van der Waals surface area (Å²) in [4.78, 5) is 11.9. The standard InChI is InChI=1S/C15H19N3O2/c1-12-4-6-14(7-5-12)20-11-9-16-15(19)13(2)18-10-3-8-17-18/h3-8,10,13H,9,11H2,1-2H3,(H,16,19). The molecule has 20 heavy (non-hydrogen) atoms. The van der Waals surface area contributed by atoms with E-state index in [1.807, 2.05) is 38.1 Å². The molecule has 0 aliphatic carbocycles. The smallest absolute Gasteiger partial charge is 0.244 e. The summed E-state index contributed by atoms with van der Waals surface area (Å²) >= 11 is 0. The zero-order chi connectivity index (χ0) is 14.4. The molecule has 0 bridgehead atoms. The van der Waals surface area contributed by atoms with Gasteiger partial charge in [0.15, 0.2) is 0 Å². The summed E-state index contributed by atoms with van der Waals surface area (Å²) in [5.74, 6) is 0.742. The van der Waals surface area contributed by atoms with Crippen LogP contribution in [0.25, 0.3) is 0 Å². The third-order valence-electron chi connectivity index (χ3n) is 2.99. The van der Waals surface area contributed by atoms with Gasteiger partial charge in [0, 0.05) is 12.4 Å².